The number of pyridine rings is 1. The van der Waals surface area contributed by atoms with Crippen LogP contribution in [0.5, 0.6) is 0 Å². The SMILES string of the molecule is CC(C)C(=O)c1cc2nc(C3CCC(C)(C)CC3)cc(C(C)(C)C)c2o1.CCCC.CCCC(C)(C)C. The third-order valence-electron chi connectivity index (χ3n) is 7.33. The lowest BCUT2D eigenvalue weighted by molar-refractivity contribution is 0.0913. The van der Waals surface area contributed by atoms with E-state index in [1.807, 2.05) is 19.9 Å². The molecule has 1 aliphatic carbocycles. The van der Waals surface area contributed by atoms with Crippen molar-refractivity contribution >= 4 is 16.9 Å². The van der Waals surface area contributed by atoms with E-state index in [1.54, 1.807) is 0 Å². The van der Waals surface area contributed by atoms with Crippen molar-refractivity contribution < 1.29 is 9.21 Å². The molecule has 3 nitrogen and oxygen atoms in total. The molecule has 0 N–H and O–H groups in total. The van der Waals surface area contributed by atoms with Crippen LogP contribution in [0.15, 0.2) is 16.5 Å². The zero-order valence-electron chi connectivity index (χ0n) is 26.7. The summed E-state index contributed by atoms with van der Waals surface area (Å²) in [6.45, 7) is 28.5. The molecule has 0 bridgehead atoms. The predicted molar refractivity (Wildman–Crippen MR) is 162 cm³/mol. The number of carbonyl (C=O) groups excluding carboxylic acids is 1. The van der Waals surface area contributed by atoms with Gasteiger partial charge in [0, 0.05) is 29.2 Å². The molecule has 1 fully saturated rings. The molecule has 0 amide bonds. The van der Waals surface area contributed by atoms with Gasteiger partial charge >= 0.3 is 0 Å². The first kappa shape index (κ1) is 33.4. The number of rotatable bonds is 5. The van der Waals surface area contributed by atoms with Gasteiger partial charge in [0.15, 0.2) is 11.3 Å². The van der Waals surface area contributed by atoms with E-state index in [4.69, 9.17) is 9.40 Å². The number of Topliss-reactive ketones (excluding diaryl/α,β-unsaturated/α-hetero) is 1. The van der Waals surface area contributed by atoms with Gasteiger partial charge in [0.1, 0.15) is 5.52 Å². The van der Waals surface area contributed by atoms with Crippen molar-refractivity contribution in [2.75, 3.05) is 0 Å². The summed E-state index contributed by atoms with van der Waals surface area (Å²) in [5.74, 6) is 0.917. The summed E-state index contributed by atoms with van der Waals surface area (Å²) in [5.41, 5.74) is 4.88. The van der Waals surface area contributed by atoms with Crippen LogP contribution in [0.1, 0.15) is 169 Å². The van der Waals surface area contributed by atoms with Gasteiger partial charge in [0.05, 0.1) is 0 Å². The highest BCUT2D eigenvalue weighted by molar-refractivity contribution is 5.98. The lowest BCUT2D eigenvalue weighted by atomic mass is 9.72. The van der Waals surface area contributed by atoms with Gasteiger partial charge in [-0.25, -0.2) is 4.98 Å². The molecule has 0 aromatic carbocycles. The van der Waals surface area contributed by atoms with E-state index in [-0.39, 0.29) is 17.1 Å². The second kappa shape index (κ2) is 13.9. The van der Waals surface area contributed by atoms with E-state index in [9.17, 15) is 4.79 Å². The molecule has 1 aliphatic rings. The molecule has 212 valence electrons. The largest absolute Gasteiger partial charge is 0.451 e. The Morgan fingerprint density at radius 1 is 0.973 bits per heavy atom. The average molecular weight is 514 g/mol. The molecule has 0 atom stereocenters. The number of carbonyl (C=O) groups is 1. The molecular weight excluding hydrogens is 454 g/mol. The highest BCUT2D eigenvalue weighted by atomic mass is 16.3. The van der Waals surface area contributed by atoms with E-state index in [0.717, 1.165) is 16.7 Å². The molecule has 2 aromatic rings. The van der Waals surface area contributed by atoms with Crippen LogP contribution in [-0.4, -0.2) is 10.8 Å². The summed E-state index contributed by atoms with van der Waals surface area (Å²) in [5, 5.41) is 0. The summed E-state index contributed by atoms with van der Waals surface area (Å²) in [4.78, 5) is 17.3. The Morgan fingerprint density at radius 2 is 1.51 bits per heavy atom. The number of unbranched alkanes of at least 4 members (excludes halogenated alkanes) is 1. The maximum atomic E-state index is 12.4. The fraction of sp³-hybridized carbons (Fsp3) is 0.765. The van der Waals surface area contributed by atoms with Crippen molar-refractivity contribution in [2.24, 2.45) is 16.7 Å². The van der Waals surface area contributed by atoms with Crippen molar-refractivity contribution in [1.82, 2.24) is 4.98 Å². The molecule has 0 aliphatic heterocycles. The van der Waals surface area contributed by atoms with E-state index >= 15 is 0 Å². The first-order valence-corrected chi connectivity index (χ1v) is 14.9. The van der Waals surface area contributed by atoms with Gasteiger partial charge in [-0.1, -0.05) is 109 Å². The minimum Gasteiger partial charge on any atom is -0.451 e. The third kappa shape index (κ3) is 10.9. The zero-order valence-corrected chi connectivity index (χ0v) is 26.7. The monoisotopic (exact) mass is 513 g/mol. The summed E-state index contributed by atoms with van der Waals surface area (Å²) >= 11 is 0. The van der Waals surface area contributed by atoms with Crippen LogP contribution in [0.25, 0.3) is 11.1 Å². The van der Waals surface area contributed by atoms with Gasteiger partial charge < -0.3 is 4.42 Å². The molecule has 37 heavy (non-hydrogen) atoms. The Balaban J connectivity index is 0.000000525. The number of hydrogen-bond donors (Lipinski definition) is 0. The number of aromatic nitrogens is 1. The molecule has 2 aromatic heterocycles. The minimum absolute atomic E-state index is 0.0452. The quantitative estimate of drug-likeness (QED) is 0.373. The smallest absolute Gasteiger partial charge is 0.200 e. The standard InChI is InChI=1S/C23H33NO2.C7H16.C4H10/c1-14(2)20(25)19-13-18-21(26-19)16(22(3,4)5)12-17(24-18)15-8-10-23(6,7)11-9-15;1-5-6-7(2,3)4;1-3-4-2/h12-15H,8-11H2,1-7H3;5-6H2,1-4H3;3-4H2,1-2H3. The highest BCUT2D eigenvalue weighted by Crippen LogP contribution is 2.43. The second-order valence-electron chi connectivity index (χ2n) is 14.4. The highest BCUT2D eigenvalue weighted by Gasteiger charge is 2.31. The average Bonchev–Trinajstić information content (AvgIpc) is 3.21. The molecule has 2 heterocycles. The Labute approximate surface area is 229 Å². The van der Waals surface area contributed by atoms with Crippen LogP contribution in [-0.2, 0) is 5.41 Å². The second-order valence-corrected chi connectivity index (χ2v) is 14.4. The lowest BCUT2D eigenvalue weighted by Crippen LogP contribution is -2.21. The topological polar surface area (TPSA) is 43.1 Å². The van der Waals surface area contributed by atoms with Gasteiger partial charge in [0.25, 0.3) is 0 Å². The maximum Gasteiger partial charge on any atom is 0.200 e. The predicted octanol–water partition coefficient (Wildman–Crippen LogP) is 11.3. The maximum absolute atomic E-state index is 12.4. The van der Waals surface area contributed by atoms with Crippen molar-refractivity contribution in [1.29, 1.82) is 0 Å². The minimum atomic E-state index is -0.0753. The Hall–Kier alpha value is -1.64. The molecule has 0 unspecified atom stereocenters. The van der Waals surface area contributed by atoms with Crippen LogP contribution in [0, 0.1) is 16.7 Å². The Kier molecular flexibility index (Phi) is 12.6. The number of fused-ring (bicyclic) bond motifs is 1. The van der Waals surface area contributed by atoms with Crippen molar-refractivity contribution in [3.63, 3.8) is 0 Å². The van der Waals surface area contributed by atoms with Gasteiger partial charge in [-0.2, -0.15) is 0 Å². The molecule has 0 saturated heterocycles. The summed E-state index contributed by atoms with van der Waals surface area (Å²) < 4.78 is 6.01. The van der Waals surface area contributed by atoms with Crippen LogP contribution < -0.4 is 0 Å². The lowest BCUT2D eigenvalue weighted by Gasteiger charge is -2.34. The van der Waals surface area contributed by atoms with Gasteiger partial charge in [0.2, 0.25) is 5.78 Å². The first-order chi connectivity index (χ1) is 17.0. The van der Waals surface area contributed by atoms with Gasteiger partial charge in [-0.05, 0) is 54.4 Å². The van der Waals surface area contributed by atoms with Gasteiger partial charge in [-0.3, -0.25) is 4.79 Å². The fourth-order valence-corrected chi connectivity index (χ4v) is 4.66. The van der Waals surface area contributed by atoms with E-state index in [0.29, 0.717) is 22.5 Å². The zero-order chi connectivity index (χ0) is 28.6. The Bertz CT molecular complexity index is 954. The van der Waals surface area contributed by atoms with Crippen LogP contribution in [0.3, 0.4) is 0 Å². The van der Waals surface area contributed by atoms with E-state index < -0.39 is 0 Å². The third-order valence-corrected chi connectivity index (χ3v) is 7.33. The molecule has 0 spiro atoms. The van der Waals surface area contributed by atoms with E-state index in [1.165, 1.54) is 57.1 Å². The summed E-state index contributed by atoms with van der Waals surface area (Å²) in [6.07, 6.45) is 10.1. The number of furan rings is 1. The molecule has 1 saturated carbocycles. The number of hydrogen-bond acceptors (Lipinski definition) is 3. The van der Waals surface area contributed by atoms with Crippen molar-refractivity contribution in [3.8, 4) is 0 Å². The van der Waals surface area contributed by atoms with Crippen LogP contribution in [0.4, 0.5) is 0 Å². The van der Waals surface area contributed by atoms with Crippen molar-refractivity contribution in [3.05, 3.63) is 29.2 Å². The normalized spacial score (nSPS) is 16.2. The molecule has 3 rings (SSSR count). The molecule has 3 heteroatoms. The first-order valence-electron chi connectivity index (χ1n) is 14.9. The molecule has 0 radical (unpaired) electrons. The Morgan fingerprint density at radius 3 is 1.89 bits per heavy atom. The summed E-state index contributed by atoms with van der Waals surface area (Å²) in [6, 6.07) is 4.08. The number of ketones is 1. The number of nitrogens with zero attached hydrogens (tertiary/aromatic N) is 1. The van der Waals surface area contributed by atoms with Crippen molar-refractivity contribution in [2.45, 2.75) is 153 Å². The van der Waals surface area contributed by atoms with Crippen LogP contribution in [0.2, 0.25) is 0 Å². The molecular formula is C34H59NO2. The van der Waals surface area contributed by atoms with Gasteiger partial charge in [-0.15, -0.1) is 0 Å². The van der Waals surface area contributed by atoms with Crippen LogP contribution >= 0.6 is 0 Å². The summed E-state index contributed by atoms with van der Waals surface area (Å²) in [7, 11) is 0. The van der Waals surface area contributed by atoms with E-state index in [2.05, 4.69) is 82.2 Å². The fourth-order valence-electron chi connectivity index (χ4n) is 4.66.